The summed E-state index contributed by atoms with van der Waals surface area (Å²) in [5.74, 6) is 0. The van der Waals surface area contributed by atoms with Gasteiger partial charge < -0.3 is 5.73 Å². The monoisotopic (exact) mass is 317 g/mol. The van der Waals surface area contributed by atoms with E-state index in [1.807, 2.05) is 0 Å². The molecule has 1 nitrogen and oxygen atoms in total. The van der Waals surface area contributed by atoms with Gasteiger partial charge in [-0.1, -0.05) is 40.2 Å². The summed E-state index contributed by atoms with van der Waals surface area (Å²) in [7, 11) is 0. The van der Waals surface area contributed by atoms with E-state index in [0.29, 0.717) is 0 Å². The largest absolute Gasteiger partial charge is 0.320 e. The van der Waals surface area contributed by atoms with Crippen LogP contribution in [0.2, 0.25) is 0 Å². The van der Waals surface area contributed by atoms with Gasteiger partial charge in [0, 0.05) is 4.47 Å². The van der Waals surface area contributed by atoms with Crippen LogP contribution >= 0.6 is 15.9 Å². The van der Waals surface area contributed by atoms with Gasteiger partial charge >= 0.3 is 0 Å². The first kappa shape index (κ1) is 14.3. The molecule has 2 rings (SSSR count). The molecule has 0 aromatic heterocycles. The van der Waals surface area contributed by atoms with Crippen LogP contribution in [0, 0.1) is 27.7 Å². The maximum absolute atomic E-state index is 6.49. The summed E-state index contributed by atoms with van der Waals surface area (Å²) in [6.45, 7) is 8.49. The SMILES string of the molecule is Cc1cc(C(N)c2cccc(C)c2C)c(C)cc1Br. The van der Waals surface area contributed by atoms with E-state index in [1.54, 1.807) is 0 Å². The van der Waals surface area contributed by atoms with Gasteiger partial charge in [-0.25, -0.2) is 0 Å². The summed E-state index contributed by atoms with van der Waals surface area (Å²) in [6, 6.07) is 10.6. The molecule has 2 N–H and O–H groups in total. The number of rotatable bonds is 2. The van der Waals surface area contributed by atoms with Crippen LogP contribution in [0.4, 0.5) is 0 Å². The van der Waals surface area contributed by atoms with Crippen LogP contribution in [0.5, 0.6) is 0 Å². The Morgan fingerprint density at radius 2 is 1.58 bits per heavy atom. The second kappa shape index (κ2) is 5.48. The first-order valence-corrected chi connectivity index (χ1v) is 7.29. The van der Waals surface area contributed by atoms with Crippen LogP contribution in [-0.4, -0.2) is 0 Å². The van der Waals surface area contributed by atoms with E-state index in [2.05, 4.69) is 74.0 Å². The average Bonchev–Trinajstić information content (AvgIpc) is 2.36. The summed E-state index contributed by atoms with van der Waals surface area (Å²) >= 11 is 3.57. The van der Waals surface area contributed by atoms with E-state index in [1.165, 1.54) is 33.4 Å². The van der Waals surface area contributed by atoms with Crippen molar-refractivity contribution in [2.24, 2.45) is 5.73 Å². The van der Waals surface area contributed by atoms with Crippen molar-refractivity contribution in [2.45, 2.75) is 33.7 Å². The smallest absolute Gasteiger partial charge is 0.0557 e. The number of hydrogen-bond acceptors (Lipinski definition) is 1. The Labute approximate surface area is 124 Å². The van der Waals surface area contributed by atoms with Crippen molar-refractivity contribution in [3.63, 3.8) is 0 Å². The molecule has 0 saturated heterocycles. The van der Waals surface area contributed by atoms with Crippen LogP contribution < -0.4 is 5.73 Å². The first-order valence-electron chi connectivity index (χ1n) is 6.50. The van der Waals surface area contributed by atoms with Gasteiger partial charge in [-0.3, -0.25) is 0 Å². The van der Waals surface area contributed by atoms with Crippen LogP contribution in [0.25, 0.3) is 0 Å². The maximum Gasteiger partial charge on any atom is 0.0557 e. The van der Waals surface area contributed by atoms with Gasteiger partial charge in [0.2, 0.25) is 0 Å². The van der Waals surface area contributed by atoms with E-state index in [-0.39, 0.29) is 6.04 Å². The number of benzene rings is 2. The highest BCUT2D eigenvalue weighted by molar-refractivity contribution is 9.10. The van der Waals surface area contributed by atoms with E-state index >= 15 is 0 Å². The van der Waals surface area contributed by atoms with Gasteiger partial charge in [0.15, 0.2) is 0 Å². The second-order valence-electron chi connectivity index (χ2n) is 5.22. The molecule has 2 aromatic carbocycles. The third-order valence-corrected chi connectivity index (χ3v) is 4.72. The third kappa shape index (κ3) is 2.75. The molecule has 0 fully saturated rings. The van der Waals surface area contributed by atoms with E-state index < -0.39 is 0 Å². The van der Waals surface area contributed by atoms with Crippen molar-refractivity contribution in [1.82, 2.24) is 0 Å². The Hall–Kier alpha value is -1.12. The van der Waals surface area contributed by atoms with Crippen LogP contribution in [0.15, 0.2) is 34.8 Å². The molecule has 1 unspecified atom stereocenters. The van der Waals surface area contributed by atoms with Crippen molar-refractivity contribution < 1.29 is 0 Å². The minimum Gasteiger partial charge on any atom is -0.320 e. The lowest BCUT2D eigenvalue weighted by molar-refractivity contribution is 0.847. The molecule has 0 radical (unpaired) electrons. The highest BCUT2D eigenvalue weighted by Crippen LogP contribution is 2.30. The quantitative estimate of drug-likeness (QED) is 0.851. The Bertz CT molecular complexity index is 617. The van der Waals surface area contributed by atoms with E-state index in [9.17, 15) is 0 Å². The summed E-state index contributed by atoms with van der Waals surface area (Å²) < 4.78 is 1.14. The molecule has 0 heterocycles. The molecule has 0 amide bonds. The molecular weight excluding hydrogens is 298 g/mol. The third-order valence-electron chi connectivity index (χ3n) is 3.86. The number of halogens is 1. The Balaban J connectivity index is 2.53. The van der Waals surface area contributed by atoms with Crippen molar-refractivity contribution in [1.29, 1.82) is 0 Å². The topological polar surface area (TPSA) is 26.0 Å². The zero-order valence-electron chi connectivity index (χ0n) is 11.9. The van der Waals surface area contributed by atoms with Gasteiger partial charge in [-0.05, 0) is 67.1 Å². The molecule has 2 aromatic rings. The fourth-order valence-corrected chi connectivity index (χ4v) is 2.87. The lowest BCUT2D eigenvalue weighted by atomic mass is 9.90. The number of aryl methyl sites for hydroxylation is 3. The van der Waals surface area contributed by atoms with Crippen molar-refractivity contribution in [3.05, 3.63) is 68.2 Å². The Kier molecular flexibility index (Phi) is 4.12. The lowest BCUT2D eigenvalue weighted by Gasteiger charge is -2.19. The molecule has 0 aliphatic heterocycles. The normalized spacial score (nSPS) is 12.5. The first-order chi connectivity index (χ1) is 8.91. The average molecular weight is 318 g/mol. The molecule has 0 aliphatic rings. The second-order valence-corrected chi connectivity index (χ2v) is 6.08. The summed E-state index contributed by atoms with van der Waals surface area (Å²) in [5.41, 5.74) is 13.9. The van der Waals surface area contributed by atoms with Gasteiger partial charge in [0.25, 0.3) is 0 Å². The van der Waals surface area contributed by atoms with Gasteiger partial charge in [-0.15, -0.1) is 0 Å². The molecule has 2 heteroatoms. The summed E-state index contributed by atoms with van der Waals surface area (Å²) in [4.78, 5) is 0. The van der Waals surface area contributed by atoms with Crippen molar-refractivity contribution >= 4 is 15.9 Å². The zero-order chi connectivity index (χ0) is 14.2. The molecule has 0 bridgehead atoms. The molecule has 19 heavy (non-hydrogen) atoms. The number of nitrogens with two attached hydrogens (primary N) is 1. The van der Waals surface area contributed by atoms with Crippen LogP contribution in [0.3, 0.4) is 0 Å². The summed E-state index contributed by atoms with van der Waals surface area (Å²) in [5, 5.41) is 0. The zero-order valence-corrected chi connectivity index (χ0v) is 13.5. The van der Waals surface area contributed by atoms with Gasteiger partial charge in [0.1, 0.15) is 0 Å². The number of hydrogen-bond donors (Lipinski definition) is 1. The molecule has 1 atom stereocenters. The Morgan fingerprint density at radius 1 is 0.895 bits per heavy atom. The van der Waals surface area contributed by atoms with Gasteiger partial charge in [-0.2, -0.15) is 0 Å². The van der Waals surface area contributed by atoms with Crippen molar-refractivity contribution in [2.75, 3.05) is 0 Å². The van der Waals surface area contributed by atoms with E-state index in [0.717, 1.165) is 4.47 Å². The molecule has 0 aliphatic carbocycles. The highest BCUT2D eigenvalue weighted by Gasteiger charge is 2.15. The maximum atomic E-state index is 6.49. The minimum atomic E-state index is -0.0632. The van der Waals surface area contributed by atoms with Crippen LogP contribution in [0.1, 0.15) is 39.4 Å². The molecule has 0 saturated carbocycles. The molecular formula is C17H20BrN. The standard InChI is InChI=1S/C17H20BrN/c1-10-6-5-7-14(13(10)4)17(19)15-8-12(3)16(18)9-11(15)2/h5-9,17H,19H2,1-4H3. The van der Waals surface area contributed by atoms with Crippen LogP contribution in [-0.2, 0) is 0 Å². The van der Waals surface area contributed by atoms with Crippen molar-refractivity contribution in [3.8, 4) is 0 Å². The fraction of sp³-hybridized carbons (Fsp3) is 0.294. The minimum absolute atomic E-state index is 0.0632. The predicted octanol–water partition coefficient (Wildman–Crippen LogP) is 4.73. The van der Waals surface area contributed by atoms with E-state index in [4.69, 9.17) is 5.73 Å². The summed E-state index contributed by atoms with van der Waals surface area (Å²) in [6.07, 6.45) is 0. The highest BCUT2D eigenvalue weighted by atomic mass is 79.9. The van der Waals surface area contributed by atoms with Gasteiger partial charge in [0.05, 0.1) is 6.04 Å². The lowest BCUT2D eigenvalue weighted by Crippen LogP contribution is -2.15. The molecule has 100 valence electrons. The molecule has 0 spiro atoms. The predicted molar refractivity (Wildman–Crippen MR) is 85.6 cm³/mol. The fourth-order valence-electron chi connectivity index (χ4n) is 2.42. The Morgan fingerprint density at radius 3 is 2.26 bits per heavy atom.